The monoisotopic (exact) mass is 254 g/mol. The Hall–Kier alpha value is -0.610. The van der Waals surface area contributed by atoms with Crippen molar-refractivity contribution in [2.24, 2.45) is 0 Å². The van der Waals surface area contributed by atoms with E-state index >= 15 is 0 Å². The predicted octanol–water partition coefficient (Wildman–Crippen LogP) is 1.80. The van der Waals surface area contributed by atoms with Gasteiger partial charge in [0.05, 0.1) is 0 Å². The van der Waals surface area contributed by atoms with E-state index in [9.17, 15) is 4.79 Å². The van der Waals surface area contributed by atoms with E-state index < -0.39 is 5.97 Å². The first-order valence-electron chi connectivity index (χ1n) is 7.39. The van der Waals surface area contributed by atoms with E-state index in [1.807, 2.05) is 6.92 Å². The highest BCUT2D eigenvalue weighted by Gasteiger charge is 2.30. The molecular formula is C14H26N2O2. The molecule has 18 heavy (non-hydrogen) atoms. The number of piperidine rings is 1. The van der Waals surface area contributed by atoms with Crippen LogP contribution in [0.15, 0.2) is 0 Å². The topological polar surface area (TPSA) is 43.8 Å². The lowest BCUT2D eigenvalue weighted by molar-refractivity contribution is -0.143. The number of hydrogen-bond acceptors (Lipinski definition) is 3. The van der Waals surface area contributed by atoms with E-state index in [1.54, 1.807) is 0 Å². The van der Waals surface area contributed by atoms with Gasteiger partial charge in [-0.1, -0.05) is 12.8 Å². The number of rotatable bonds is 3. The maximum atomic E-state index is 11.1. The molecule has 0 spiro atoms. The van der Waals surface area contributed by atoms with Crippen molar-refractivity contribution in [1.29, 1.82) is 0 Å². The molecule has 0 radical (unpaired) electrons. The lowest BCUT2D eigenvalue weighted by Crippen LogP contribution is -2.52. The zero-order valence-electron chi connectivity index (χ0n) is 11.5. The standard InChI is InChI=1S/C14H26N2O2/c1-12(14(17)18)16-10-6-7-13(11-16)15-8-4-2-3-5-9-15/h12-13H,2-11H2,1H3,(H,17,18)/t12-,13-/m1/s1. The van der Waals surface area contributed by atoms with Crippen LogP contribution in [0.4, 0.5) is 0 Å². The smallest absolute Gasteiger partial charge is 0.320 e. The second-order valence-corrected chi connectivity index (χ2v) is 5.76. The first kappa shape index (κ1) is 13.8. The third-order valence-corrected chi connectivity index (χ3v) is 4.49. The van der Waals surface area contributed by atoms with E-state index in [1.165, 1.54) is 45.2 Å². The summed E-state index contributed by atoms with van der Waals surface area (Å²) >= 11 is 0. The molecule has 4 nitrogen and oxygen atoms in total. The Morgan fingerprint density at radius 2 is 1.78 bits per heavy atom. The van der Waals surface area contributed by atoms with E-state index in [4.69, 9.17) is 5.11 Å². The molecule has 4 heteroatoms. The summed E-state index contributed by atoms with van der Waals surface area (Å²) in [4.78, 5) is 15.8. The highest BCUT2D eigenvalue weighted by Crippen LogP contribution is 2.21. The number of hydrogen-bond donors (Lipinski definition) is 1. The highest BCUT2D eigenvalue weighted by molar-refractivity contribution is 5.72. The zero-order chi connectivity index (χ0) is 13.0. The molecule has 0 unspecified atom stereocenters. The molecule has 2 aliphatic rings. The van der Waals surface area contributed by atoms with Crippen molar-refractivity contribution >= 4 is 5.97 Å². The van der Waals surface area contributed by atoms with Crippen LogP contribution >= 0.6 is 0 Å². The van der Waals surface area contributed by atoms with Gasteiger partial charge in [-0.05, 0) is 52.2 Å². The minimum atomic E-state index is -0.688. The molecule has 104 valence electrons. The fourth-order valence-corrected chi connectivity index (χ4v) is 3.25. The van der Waals surface area contributed by atoms with Gasteiger partial charge in [0, 0.05) is 12.6 Å². The molecule has 0 aromatic rings. The van der Waals surface area contributed by atoms with Crippen LogP contribution in [0.3, 0.4) is 0 Å². The summed E-state index contributed by atoms with van der Waals surface area (Å²) in [6, 6.07) is 0.249. The van der Waals surface area contributed by atoms with Gasteiger partial charge in [-0.3, -0.25) is 14.6 Å². The zero-order valence-corrected chi connectivity index (χ0v) is 11.5. The maximum absolute atomic E-state index is 11.1. The lowest BCUT2D eigenvalue weighted by Gasteiger charge is -2.40. The third-order valence-electron chi connectivity index (χ3n) is 4.49. The summed E-state index contributed by atoms with van der Waals surface area (Å²) < 4.78 is 0. The first-order valence-corrected chi connectivity index (χ1v) is 7.39. The predicted molar refractivity (Wildman–Crippen MR) is 71.7 cm³/mol. The fraction of sp³-hybridized carbons (Fsp3) is 0.929. The summed E-state index contributed by atoms with van der Waals surface area (Å²) in [5, 5.41) is 9.12. The molecule has 1 N–H and O–H groups in total. The molecule has 0 saturated carbocycles. The van der Waals surface area contributed by atoms with Gasteiger partial charge in [0.2, 0.25) is 0 Å². The van der Waals surface area contributed by atoms with Gasteiger partial charge >= 0.3 is 5.97 Å². The molecule has 2 fully saturated rings. The van der Waals surface area contributed by atoms with E-state index in [2.05, 4.69) is 9.80 Å². The number of nitrogens with zero attached hydrogens (tertiary/aromatic N) is 2. The van der Waals surface area contributed by atoms with Crippen molar-refractivity contribution < 1.29 is 9.90 Å². The SMILES string of the molecule is C[C@H](C(=O)O)N1CCC[C@@H](N2CCCCCC2)C1. The van der Waals surface area contributed by atoms with Crippen LogP contribution in [-0.4, -0.2) is 59.1 Å². The van der Waals surface area contributed by atoms with Gasteiger partial charge in [0.1, 0.15) is 6.04 Å². The first-order chi connectivity index (χ1) is 8.68. The largest absolute Gasteiger partial charge is 0.480 e. The van der Waals surface area contributed by atoms with Gasteiger partial charge < -0.3 is 5.11 Å². The fourth-order valence-electron chi connectivity index (χ4n) is 3.25. The lowest BCUT2D eigenvalue weighted by atomic mass is 10.0. The molecule has 0 bridgehead atoms. The van der Waals surface area contributed by atoms with Gasteiger partial charge in [0.15, 0.2) is 0 Å². The van der Waals surface area contributed by atoms with Crippen LogP contribution < -0.4 is 0 Å². The Labute approximate surface area is 110 Å². The van der Waals surface area contributed by atoms with Crippen molar-refractivity contribution in [2.45, 2.75) is 57.5 Å². The number of carboxylic acids is 1. The molecule has 2 heterocycles. The highest BCUT2D eigenvalue weighted by atomic mass is 16.4. The van der Waals surface area contributed by atoms with Gasteiger partial charge in [0.25, 0.3) is 0 Å². The van der Waals surface area contributed by atoms with Crippen LogP contribution in [0.2, 0.25) is 0 Å². The Kier molecular flexibility index (Phi) is 5.01. The maximum Gasteiger partial charge on any atom is 0.320 e. The number of likely N-dealkylation sites (tertiary alicyclic amines) is 2. The average Bonchev–Trinajstić information content (AvgIpc) is 2.66. The second kappa shape index (κ2) is 6.53. The number of carbonyl (C=O) groups is 1. The Morgan fingerprint density at radius 3 is 2.39 bits per heavy atom. The Bertz CT molecular complexity index is 275. The quantitative estimate of drug-likeness (QED) is 0.834. The van der Waals surface area contributed by atoms with E-state index in [0.717, 1.165) is 19.5 Å². The van der Waals surface area contributed by atoms with Gasteiger partial charge in [-0.25, -0.2) is 0 Å². The van der Waals surface area contributed by atoms with Crippen molar-refractivity contribution in [3.63, 3.8) is 0 Å². The molecular weight excluding hydrogens is 228 g/mol. The molecule has 2 aliphatic heterocycles. The molecule has 2 saturated heterocycles. The van der Waals surface area contributed by atoms with Crippen molar-refractivity contribution in [1.82, 2.24) is 9.80 Å². The Balaban J connectivity index is 1.90. The summed E-state index contributed by atoms with van der Waals surface area (Å²) in [5.41, 5.74) is 0. The van der Waals surface area contributed by atoms with Crippen LogP contribution in [0, 0.1) is 0 Å². The molecule has 0 aromatic heterocycles. The second-order valence-electron chi connectivity index (χ2n) is 5.76. The minimum Gasteiger partial charge on any atom is -0.480 e. The van der Waals surface area contributed by atoms with Gasteiger partial charge in [-0.15, -0.1) is 0 Å². The number of aliphatic carboxylic acids is 1. The average molecular weight is 254 g/mol. The van der Waals surface area contributed by atoms with Crippen molar-refractivity contribution in [3.05, 3.63) is 0 Å². The minimum absolute atomic E-state index is 0.334. The van der Waals surface area contributed by atoms with Gasteiger partial charge in [-0.2, -0.15) is 0 Å². The summed E-state index contributed by atoms with van der Waals surface area (Å²) in [6.07, 6.45) is 7.72. The number of carboxylic acid groups (broad SMARTS) is 1. The third kappa shape index (κ3) is 3.45. The van der Waals surface area contributed by atoms with Crippen LogP contribution in [0.25, 0.3) is 0 Å². The Morgan fingerprint density at radius 1 is 1.11 bits per heavy atom. The van der Waals surface area contributed by atoms with Crippen LogP contribution in [0.5, 0.6) is 0 Å². The summed E-state index contributed by atoms with van der Waals surface area (Å²) in [5.74, 6) is -0.688. The van der Waals surface area contributed by atoms with E-state index in [-0.39, 0.29) is 6.04 Å². The molecule has 2 atom stereocenters. The van der Waals surface area contributed by atoms with Crippen LogP contribution in [-0.2, 0) is 4.79 Å². The van der Waals surface area contributed by atoms with E-state index in [0.29, 0.717) is 6.04 Å². The molecule has 0 aromatic carbocycles. The summed E-state index contributed by atoms with van der Waals surface area (Å²) in [7, 11) is 0. The van der Waals surface area contributed by atoms with Crippen LogP contribution in [0.1, 0.15) is 45.4 Å². The normalized spacial score (nSPS) is 29.7. The summed E-state index contributed by atoms with van der Waals surface area (Å²) in [6.45, 7) is 6.11. The van der Waals surface area contributed by atoms with Crippen molar-refractivity contribution in [3.8, 4) is 0 Å². The molecule has 0 amide bonds. The molecule has 0 aliphatic carbocycles. The van der Waals surface area contributed by atoms with Crippen molar-refractivity contribution in [2.75, 3.05) is 26.2 Å². The molecule has 2 rings (SSSR count).